The zero-order valence-corrected chi connectivity index (χ0v) is 37.1. The number of halogens is 1. The number of carbonyl (C=O) groups is 2. The first-order valence-electron chi connectivity index (χ1n) is 21.0. The van der Waals surface area contributed by atoms with Crippen LogP contribution >= 0.6 is 11.6 Å². The molecule has 10 nitrogen and oxygen atoms in total. The Morgan fingerprint density at radius 3 is 1.39 bits per heavy atom. The number of sulfonamides is 2. The van der Waals surface area contributed by atoms with Gasteiger partial charge in [-0.3, -0.25) is 19.0 Å². The van der Waals surface area contributed by atoms with Crippen LogP contribution in [0.25, 0.3) is 0 Å². The number of alkyl halides is 1. The average Bonchev–Trinajstić information content (AvgIpc) is 3.13. The number of ether oxygens (including phenoxy) is 1. The minimum absolute atomic E-state index is 0.00874. The molecule has 3 N–H and O–H groups in total. The molecule has 2 rings (SSSR count). The van der Waals surface area contributed by atoms with Gasteiger partial charge in [0, 0.05) is 16.8 Å². The molecule has 0 aliphatic rings. The summed E-state index contributed by atoms with van der Waals surface area (Å²) in [6.07, 6.45) is 22.0. The van der Waals surface area contributed by atoms with Crippen LogP contribution in [0.4, 0.5) is 17.1 Å². The number of Topliss-reactive ketones (excluding diaryl/α,β-unsaturated/α-hetero) is 1. The van der Waals surface area contributed by atoms with E-state index in [4.69, 9.17) is 16.3 Å². The molecule has 318 valence electrons. The highest BCUT2D eigenvalue weighted by atomic mass is 35.5. The summed E-state index contributed by atoms with van der Waals surface area (Å²) >= 11 is 6.76. The quantitative estimate of drug-likeness (QED) is 0.0389. The number of benzene rings is 2. The largest absolute Gasteiger partial charge is 0.456 e. The molecule has 0 spiro atoms. The van der Waals surface area contributed by atoms with E-state index in [1.165, 1.54) is 107 Å². The van der Waals surface area contributed by atoms with Crippen molar-refractivity contribution >= 4 is 60.4 Å². The molecule has 1 amide bonds. The predicted molar refractivity (Wildman–Crippen MR) is 234 cm³/mol. The second kappa shape index (κ2) is 25.5. The lowest BCUT2D eigenvalue weighted by Gasteiger charge is -2.31. The molecule has 0 heterocycles. The number of amides is 1. The van der Waals surface area contributed by atoms with Gasteiger partial charge in [-0.1, -0.05) is 168 Å². The van der Waals surface area contributed by atoms with Gasteiger partial charge < -0.3 is 10.1 Å². The van der Waals surface area contributed by atoms with E-state index in [-0.39, 0.29) is 28.6 Å². The molecule has 0 aromatic heterocycles. The van der Waals surface area contributed by atoms with Gasteiger partial charge in [-0.2, -0.15) is 0 Å². The van der Waals surface area contributed by atoms with Crippen molar-refractivity contribution in [1.29, 1.82) is 0 Å². The Bertz CT molecular complexity index is 1660. The fourth-order valence-corrected chi connectivity index (χ4v) is 9.10. The SMILES string of the molecule is CCCCCCCCCCCCS(=O)(=O)Nc1ccc(OC(Cl)(C(=O)Nc2cccc(NS(=O)(=O)CCCCCCCCCCCC)c2)C(=O)C(C)(C)C)cc1. The maximum absolute atomic E-state index is 13.7. The van der Waals surface area contributed by atoms with E-state index in [0.717, 1.165) is 38.5 Å². The van der Waals surface area contributed by atoms with Gasteiger partial charge in [0.05, 0.1) is 17.2 Å². The molecule has 0 saturated heterocycles. The van der Waals surface area contributed by atoms with Crippen LogP contribution in [0.1, 0.15) is 163 Å². The van der Waals surface area contributed by atoms with E-state index >= 15 is 0 Å². The molecular weight excluding hydrogens is 770 g/mol. The molecule has 2 aromatic rings. The van der Waals surface area contributed by atoms with Crippen molar-refractivity contribution in [3.63, 3.8) is 0 Å². The number of anilines is 3. The van der Waals surface area contributed by atoms with Crippen molar-refractivity contribution in [2.75, 3.05) is 26.3 Å². The van der Waals surface area contributed by atoms with Crippen molar-refractivity contribution < 1.29 is 31.2 Å². The average molecular weight is 841 g/mol. The number of nitrogens with one attached hydrogen (secondary N) is 3. The molecule has 0 radical (unpaired) electrons. The van der Waals surface area contributed by atoms with Crippen LogP contribution in [0.15, 0.2) is 48.5 Å². The van der Waals surface area contributed by atoms with Crippen LogP contribution in [0.3, 0.4) is 0 Å². The number of hydrogen-bond acceptors (Lipinski definition) is 7. The minimum Gasteiger partial charge on any atom is -0.456 e. The fourth-order valence-electron chi connectivity index (χ4n) is 6.32. The molecule has 0 aliphatic carbocycles. The molecule has 1 unspecified atom stereocenters. The Balaban J connectivity index is 1.96. The Morgan fingerprint density at radius 1 is 0.571 bits per heavy atom. The molecule has 0 saturated carbocycles. The lowest BCUT2D eigenvalue weighted by Crippen LogP contribution is -2.54. The van der Waals surface area contributed by atoms with Crippen LogP contribution < -0.4 is 19.5 Å². The van der Waals surface area contributed by atoms with Gasteiger partial charge >= 0.3 is 5.06 Å². The van der Waals surface area contributed by atoms with Crippen LogP contribution in [-0.4, -0.2) is 45.1 Å². The third-order valence-corrected chi connectivity index (χ3v) is 12.7. The van der Waals surface area contributed by atoms with Gasteiger partial charge in [-0.25, -0.2) is 16.8 Å². The van der Waals surface area contributed by atoms with E-state index in [9.17, 15) is 26.4 Å². The van der Waals surface area contributed by atoms with Crippen LogP contribution in [0.2, 0.25) is 0 Å². The van der Waals surface area contributed by atoms with Crippen molar-refractivity contribution in [3.05, 3.63) is 48.5 Å². The number of hydrogen-bond donors (Lipinski definition) is 3. The summed E-state index contributed by atoms with van der Waals surface area (Å²) in [5, 5.41) is 0.114. The lowest BCUT2D eigenvalue weighted by atomic mass is 9.86. The van der Waals surface area contributed by atoms with Gasteiger partial charge in [0.1, 0.15) is 5.75 Å². The van der Waals surface area contributed by atoms with E-state index in [0.29, 0.717) is 18.5 Å². The minimum atomic E-state index is -3.63. The van der Waals surface area contributed by atoms with Gasteiger partial charge in [0.15, 0.2) is 0 Å². The molecule has 0 bridgehead atoms. The summed E-state index contributed by atoms with van der Waals surface area (Å²) in [4.78, 5) is 27.3. The van der Waals surface area contributed by atoms with Crippen molar-refractivity contribution in [2.24, 2.45) is 5.41 Å². The Morgan fingerprint density at radius 2 is 0.964 bits per heavy atom. The predicted octanol–water partition coefficient (Wildman–Crippen LogP) is 11.6. The second-order valence-electron chi connectivity index (χ2n) is 16.0. The zero-order valence-electron chi connectivity index (χ0n) is 34.7. The maximum Gasteiger partial charge on any atom is 0.320 e. The third-order valence-electron chi connectivity index (χ3n) is 9.58. The summed E-state index contributed by atoms with van der Waals surface area (Å²) in [7, 11) is -7.20. The summed E-state index contributed by atoms with van der Waals surface area (Å²) in [6, 6.07) is 12.0. The van der Waals surface area contributed by atoms with E-state index in [2.05, 4.69) is 28.6 Å². The smallest absolute Gasteiger partial charge is 0.320 e. The van der Waals surface area contributed by atoms with Crippen molar-refractivity contribution in [1.82, 2.24) is 0 Å². The first-order valence-corrected chi connectivity index (χ1v) is 24.6. The van der Waals surface area contributed by atoms with Crippen LogP contribution in [0.5, 0.6) is 5.75 Å². The lowest BCUT2D eigenvalue weighted by molar-refractivity contribution is -0.144. The van der Waals surface area contributed by atoms with Gasteiger partial charge in [0.2, 0.25) is 25.8 Å². The molecular formula is C43H70ClN3O7S2. The van der Waals surface area contributed by atoms with Crippen LogP contribution in [-0.2, 0) is 29.6 Å². The van der Waals surface area contributed by atoms with Gasteiger partial charge in [0.25, 0.3) is 5.91 Å². The van der Waals surface area contributed by atoms with Crippen molar-refractivity contribution in [3.8, 4) is 5.75 Å². The monoisotopic (exact) mass is 839 g/mol. The van der Waals surface area contributed by atoms with Gasteiger partial charge in [-0.05, 0) is 55.3 Å². The molecule has 2 aromatic carbocycles. The Kier molecular flexibility index (Phi) is 22.5. The second-order valence-corrected chi connectivity index (χ2v) is 20.3. The summed E-state index contributed by atoms with van der Waals surface area (Å²) in [5.41, 5.74) is -0.320. The van der Waals surface area contributed by atoms with Gasteiger partial charge in [-0.15, -0.1) is 0 Å². The first-order chi connectivity index (χ1) is 26.5. The maximum atomic E-state index is 13.7. The Hall–Kier alpha value is -2.83. The van der Waals surface area contributed by atoms with E-state index in [1.54, 1.807) is 39.0 Å². The number of carbonyl (C=O) groups excluding carboxylic acids is 2. The summed E-state index contributed by atoms with van der Waals surface area (Å²) < 4.78 is 62.2. The third kappa shape index (κ3) is 20.0. The van der Waals surface area contributed by atoms with E-state index in [1.807, 2.05) is 0 Å². The molecule has 0 fully saturated rings. The molecule has 0 aliphatic heterocycles. The summed E-state index contributed by atoms with van der Waals surface area (Å²) in [5.74, 6) is -1.61. The highest BCUT2D eigenvalue weighted by Gasteiger charge is 2.51. The van der Waals surface area contributed by atoms with Crippen LogP contribution in [0, 0.1) is 5.41 Å². The first kappa shape index (κ1) is 49.3. The number of ketones is 1. The number of unbranched alkanes of at least 4 members (excludes halogenated alkanes) is 18. The highest BCUT2D eigenvalue weighted by Crippen LogP contribution is 2.33. The molecule has 13 heteroatoms. The molecule has 56 heavy (non-hydrogen) atoms. The highest BCUT2D eigenvalue weighted by molar-refractivity contribution is 7.92. The fraction of sp³-hybridized carbons (Fsp3) is 0.674. The topological polar surface area (TPSA) is 148 Å². The Labute approximate surface area is 344 Å². The van der Waals surface area contributed by atoms with E-state index < -0.39 is 42.2 Å². The molecule has 1 atom stereocenters. The zero-order chi connectivity index (χ0) is 41.5. The normalized spacial score (nSPS) is 13.2. The standard InChI is InChI=1S/C43H70ClN3O7S2/c1-6-8-10-12-14-16-18-20-22-24-33-55(50,51)46-36-29-31-39(32-30-36)54-43(44,40(48)42(3,4)5)41(49)45-37-27-26-28-38(35-37)47-56(52,53)34-25-23-21-19-17-15-13-11-9-7-2/h26-32,35,46-47H,6-25,33-34H2,1-5H3,(H,45,49). The number of rotatable bonds is 31. The summed E-state index contributed by atoms with van der Waals surface area (Å²) in [6.45, 7) is 9.24. The van der Waals surface area contributed by atoms with Crippen molar-refractivity contribution in [2.45, 2.75) is 168 Å².